The van der Waals surface area contributed by atoms with Crippen LogP contribution in [0.15, 0.2) is 42.5 Å². The normalized spacial score (nSPS) is 19.2. The van der Waals surface area contributed by atoms with Crippen molar-refractivity contribution in [3.05, 3.63) is 53.6 Å². The average Bonchev–Trinajstić information content (AvgIpc) is 3.40. The van der Waals surface area contributed by atoms with Gasteiger partial charge in [0.05, 0.1) is 18.0 Å². The van der Waals surface area contributed by atoms with E-state index in [4.69, 9.17) is 0 Å². The van der Waals surface area contributed by atoms with Crippen molar-refractivity contribution in [3.63, 3.8) is 0 Å². The van der Waals surface area contributed by atoms with Gasteiger partial charge in [0.15, 0.2) is 0 Å². The first-order valence-corrected chi connectivity index (χ1v) is 15.0. The van der Waals surface area contributed by atoms with Gasteiger partial charge in [-0.1, -0.05) is 6.07 Å². The Morgan fingerprint density at radius 2 is 1.74 bits per heavy atom. The van der Waals surface area contributed by atoms with Crippen molar-refractivity contribution in [2.75, 3.05) is 48.6 Å². The van der Waals surface area contributed by atoms with Crippen molar-refractivity contribution in [1.29, 1.82) is 0 Å². The van der Waals surface area contributed by atoms with Crippen LogP contribution in [0, 0.1) is 5.92 Å². The molecule has 0 saturated carbocycles. The molecule has 0 unspecified atom stereocenters. The number of piperidine rings is 1. The van der Waals surface area contributed by atoms with E-state index in [0.717, 1.165) is 44.4 Å². The summed E-state index contributed by atoms with van der Waals surface area (Å²) in [6.45, 7) is 3.19. The maximum atomic E-state index is 12.8. The summed E-state index contributed by atoms with van der Waals surface area (Å²) in [7, 11) is -3.56. The van der Waals surface area contributed by atoms with E-state index in [-0.39, 0.29) is 17.3 Å². The number of benzene rings is 2. The molecule has 11 nitrogen and oxygen atoms in total. The van der Waals surface area contributed by atoms with Gasteiger partial charge in [-0.3, -0.25) is 9.52 Å². The summed E-state index contributed by atoms with van der Waals surface area (Å²) in [6.07, 6.45) is 3.23. The van der Waals surface area contributed by atoms with Crippen LogP contribution in [0.5, 0.6) is 5.75 Å². The number of nitrogens with zero attached hydrogens (tertiary/aromatic N) is 2. The summed E-state index contributed by atoms with van der Waals surface area (Å²) in [5.41, 5.74) is 2.04. The molecular formula is C27H36N4O7S. The molecule has 39 heavy (non-hydrogen) atoms. The number of carbonyl (C=O) groups excluding carboxylic acids is 1. The number of carbonyl (C=O) groups is 2. The smallest absolute Gasteiger partial charge is 0.326 e. The quantitative estimate of drug-likeness (QED) is 0.274. The van der Waals surface area contributed by atoms with Crippen LogP contribution < -0.4 is 14.9 Å². The third-order valence-corrected chi connectivity index (χ3v) is 7.95. The number of phenols is 1. The summed E-state index contributed by atoms with van der Waals surface area (Å²) in [4.78, 5) is 27.9. The zero-order chi connectivity index (χ0) is 28.2. The van der Waals surface area contributed by atoms with Gasteiger partial charge in [0.1, 0.15) is 11.8 Å². The molecule has 212 valence electrons. The van der Waals surface area contributed by atoms with Crippen molar-refractivity contribution < 1.29 is 33.3 Å². The highest BCUT2D eigenvalue weighted by molar-refractivity contribution is 7.92. The van der Waals surface area contributed by atoms with Crippen LogP contribution in [-0.4, -0.2) is 85.5 Å². The molecule has 1 amide bonds. The Labute approximate surface area is 228 Å². The number of likely N-dealkylation sites (tertiary alicyclic amines) is 1. The zero-order valence-corrected chi connectivity index (χ0v) is 22.7. The van der Waals surface area contributed by atoms with Crippen LogP contribution in [0.2, 0.25) is 0 Å². The number of carboxylic acid groups (broad SMARTS) is 1. The second-order valence-electron chi connectivity index (χ2n) is 10.3. The van der Waals surface area contributed by atoms with Crippen LogP contribution in [0.1, 0.15) is 47.7 Å². The molecule has 2 aliphatic rings. The minimum Gasteiger partial charge on any atom is -0.506 e. The third-order valence-electron chi connectivity index (χ3n) is 7.36. The lowest BCUT2D eigenvalue weighted by Gasteiger charge is -2.34. The van der Waals surface area contributed by atoms with Crippen LogP contribution in [0.3, 0.4) is 0 Å². The predicted molar refractivity (Wildman–Crippen MR) is 147 cm³/mol. The number of amides is 1. The Bertz CT molecular complexity index is 1280. The summed E-state index contributed by atoms with van der Waals surface area (Å²) in [5.74, 6) is -0.982. The zero-order valence-electron chi connectivity index (χ0n) is 21.9. The Morgan fingerprint density at radius 3 is 2.38 bits per heavy atom. The standard InChI is InChI=1S/C27H36N4O7S/c1-39(37,38)29-22-15-20(6-9-24(22)32)25(33)17-28-16-18-10-13-30(14-11-18)21-7-4-19(5-8-21)26(34)31-12-2-3-23(31)27(35)36/h4-9,15,18,23,25,28-29,32-33H,2-3,10-14,16-17H2,1H3,(H,35,36)/t23-,25-/m0/s1. The SMILES string of the molecule is CS(=O)(=O)Nc1cc([C@@H](O)CNCC2CCN(c3ccc(C(=O)N4CCC[C@H]4C(=O)O)cc3)CC2)ccc1O. The Balaban J connectivity index is 1.23. The lowest BCUT2D eigenvalue weighted by molar-refractivity contribution is -0.141. The molecule has 2 aromatic rings. The third kappa shape index (κ3) is 7.40. The number of hydrogen-bond donors (Lipinski definition) is 5. The summed E-state index contributed by atoms with van der Waals surface area (Å²) >= 11 is 0. The molecule has 2 aromatic carbocycles. The second kappa shape index (κ2) is 12.2. The Kier molecular flexibility index (Phi) is 8.98. The van der Waals surface area contributed by atoms with Gasteiger partial charge < -0.3 is 30.4 Å². The lowest BCUT2D eigenvalue weighted by atomic mass is 9.96. The first-order chi connectivity index (χ1) is 18.5. The van der Waals surface area contributed by atoms with Crippen LogP contribution in [-0.2, 0) is 14.8 Å². The predicted octanol–water partition coefficient (Wildman–Crippen LogP) is 1.99. The van der Waals surface area contributed by atoms with Gasteiger partial charge in [-0.25, -0.2) is 13.2 Å². The molecule has 2 saturated heterocycles. The number of phenolic OH excluding ortho intramolecular Hbond substituents is 1. The number of aliphatic hydroxyl groups excluding tert-OH is 1. The number of aliphatic carboxylic acids is 1. The number of aromatic hydroxyl groups is 1. The molecule has 4 rings (SSSR count). The fourth-order valence-corrected chi connectivity index (χ4v) is 5.79. The van der Waals surface area contributed by atoms with Crippen LogP contribution >= 0.6 is 0 Å². The van der Waals surface area contributed by atoms with Gasteiger partial charge in [-0.2, -0.15) is 0 Å². The van der Waals surface area contributed by atoms with E-state index in [1.807, 2.05) is 12.1 Å². The molecule has 2 fully saturated rings. The maximum Gasteiger partial charge on any atom is 0.326 e. The molecule has 0 bridgehead atoms. The molecule has 2 atom stereocenters. The average molecular weight is 561 g/mol. The van der Waals surface area contributed by atoms with Gasteiger partial charge in [-0.05, 0) is 80.1 Å². The molecule has 0 spiro atoms. The van der Waals surface area contributed by atoms with E-state index >= 15 is 0 Å². The van der Waals surface area contributed by atoms with Crippen LogP contribution in [0.25, 0.3) is 0 Å². The van der Waals surface area contributed by atoms with Crippen molar-refractivity contribution in [2.24, 2.45) is 5.92 Å². The molecule has 2 aliphatic heterocycles. The highest BCUT2D eigenvalue weighted by Crippen LogP contribution is 2.28. The van der Waals surface area contributed by atoms with E-state index in [0.29, 0.717) is 43.0 Å². The topological polar surface area (TPSA) is 160 Å². The molecule has 0 aromatic heterocycles. The maximum absolute atomic E-state index is 12.8. The van der Waals surface area contributed by atoms with E-state index < -0.39 is 28.1 Å². The Hall–Kier alpha value is -3.35. The molecule has 0 aliphatic carbocycles. The molecular weight excluding hydrogens is 524 g/mol. The fourth-order valence-electron chi connectivity index (χ4n) is 5.23. The summed E-state index contributed by atoms with van der Waals surface area (Å²) in [5, 5.41) is 33.1. The van der Waals surface area contributed by atoms with Gasteiger partial charge in [0.2, 0.25) is 10.0 Å². The number of carboxylic acids is 1. The number of nitrogens with one attached hydrogen (secondary N) is 2. The second-order valence-corrected chi connectivity index (χ2v) is 12.0. The van der Waals surface area contributed by atoms with Crippen molar-refractivity contribution in [1.82, 2.24) is 10.2 Å². The van der Waals surface area contributed by atoms with Crippen molar-refractivity contribution >= 4 is 33.3 Å². The van der Waals surface area contributed by atoms with E-state index in [2.05, 4.69) is 14.9 Å². The van der Waals surface area contributed by atoms with Crippen molar-refractivity contribution in [2.45, 2.75) is 37.8 Å². The number of hydrogen-bond acceptors (Lipinski definition) is 8. The number of sulfonamides is 1. The molecule has 2 heterocycles. The summed E-state index contributed by atoms with van der Waals surface area (Å²) in [6, 6.07) is 11.0. The highest BCUT2D eigenvalue weighted by atomic mass is 32.2. The number of anilines is 2. The summed E-state index contributed by atoms with van der Waals surface area (Å²) < 4.78 is 25.2. The van der Waals surface area contributed by atoms with Crippen LogP contribution in [0.4, 0.5) is 11.4 Å². The van der Waals surface area contributed by atoms with E-state index in [1.54, 1.807) is 18.2 Å². The fraction of sp³-hybridized carbons (Fsp3) is 0.481. The largest absolute Gasteiger partial charge is 0.506 e. The van der Waals surface area contributed by atoms with E-state index in [9.17, 15) is 33.3 Å². The first kappa shape index (κ1) is 28.7. The Morgan fingerprint density at radius 1 is 1.05 bits per heavy atom. The first-order valence-electron chi connectivity index (χ1n) is 13.1. The molecule has 12 heteroatoms. The van der Waals surface area contributed by atoms with Gasteiger partial charge in [0, 0.05) is 37.4 Å². The minimum atomic E-state index is -3.56. The van der Waals surface area contributed by atoms with Gasteiger partial charge in [0.25, 0.3) is 5.91 Å². The van der Waals surface area contributed by atoms with Gasteiger partial charge in [-0.15, -0.1) is 0 Å². The minimum absolute atomic E-state index is 0.0271. The lowest BCUT2D eigenvalue weighted by Crippen LogP contribution is -2.40. The highest BCUT2D eigenvalue weighted by Gasteiger charge is 2.34. The molecule has 5 N–H and O–H groups in total. The van der Waals surface area contributed by atoms with E-state index in [1.165, 1.54) is 17.0 Å². The number of aliphatic hydroxyl groups is 1. The monoisotopic (exact) mass is 560 g/mol. The number of rotatable bonds is 10. The van der Waals surface area contributed by atoms with Crippen molar-refractivity contribution in [3.8, 4) is 5.75 Å². The van der Waals surface area contributed by atoms with Gasteiger partial charge >= 0.3 is 5.97 Å². The molecule has 0 radical (unpaired) electrons.